The van der Waals surface area contributed by atoms with E-state index in [0.717, 1.165) is 16.6 Å². The van der Waals surface area contributed by atoms with E-state index in [4.69, 9.17) is 4.42 Å². The fourth-order valence-electron chi connectivity index (χ4n) is 2.94. The van der Waals surface area contributed by atoms with E-state index in [1.54, 1.807) is 18.4 Å². The molecule has 0 fully saturated rings. The minimum Gasteiger partial charge on any atom is -0.463 e. The molecule has 0 aliphatic heterocycles. The highest BCUT2D eigenvalue weighted by atomic mass is 16.3. The smallest absolute Gasteiger partial charge is 0.268 e. The first-order chi connectivity index (χ1) is 10.2. The third-order valence-electron chi connectivity index (χ3n) is 3.98. The van der Waals surface area contributed by atoms with Crippen molar-refractivity contribution in [2.45, 2.75) is 18.6 Å². The normalized spacial score (nSPS) is 20.6. The van der Waals surface area contributed by atoms with E-state index < -0.39 is 6.10 Å². The number of aliphatic hydroxyl groups excluding tert-OH is 1. The molecule has 0 bridgehead atoms. The van der Waals surface area contributed by atoms with Gasteiger partial charge in [-0.05, 0) is 11.1 Å². The number of aliphatic hydroxyl groups is 1. The first kappa shape index (κ1) is 12.2. The summed E-state index contributed by atoms with van der Waals surface area (Å²) in [6, 6.07) is 10.8. The molecule has 2 heterocycles. The number of H-pyrrole nitrogens is 1. The summed E-state index contributed by atoms with van der Waals surface area (Å²) in [6.07, 6.45) is 1.54. The molecule has 1 aromatic carbocycles. The van der Waals surface area contributed by atoms with Gasteiger partial charge in [0.15, 0.2) is 5.58 Å². The third kappa shape index (κ3) is 1.94. The van der Waals surface area contributed by atoms with Crippen LogP contribution in [0.3, 0.4) is 0 Å². The summed E-state index contributed by atoms with van der Waals surface area (Å²) < 4.78 is 5.24. The number of aromatic nitrogens is 1. The minimum atomic E-state index is -0.593. The average Bonchev–Trinajstić information content (AvgIpc) is 3.12. The summed E-state index contributed by atoms with van der Waals surface area (Å²) in [5.41, 5.74) is 3.92. The first-order valence-corrected chi connectivity index (χ1v) is 6.85. The number of carbonyl (C=O) groups excluding carboxylic acids is 1. The molecule has 3 N–H and O–H groups in total. The standard InChI is InChI=1S/C16H14N2O3/c19-13-7-9-3-1-2-4-10(9)15(13)18-16(20)12-8-14-11(17-12)5-6-21-14/h1-6,8,13,15,17,19H,7H2,(H,18,20). The number of aromatic amines is 1. The lowest BCUT2D eigenvalue weighted by Gasteiger charge is -2.17. The molecule has 106 valence electrons. The average molecular weight is 282 g/mol. The van der Waals surface area contributed by atoms with Crippen molar-refractivity contribution in [3.8, 4) is 0 Å². The maximum Gasteiger partial charge on any atom is 0.268 e. The maximum absolute atomic E-state index is 12.3. The van der Waals surface area contributed by atoms with Crippen LogP contribution in [-0.4, -0.2) is 22.1 Å². The van der Waals surface area contributed by atoms with Gasteiger partial charge in [-0.25, -0.2) is 0 Å². The van der Waals surface area contributed by atoms with Crippen molar-refractivity contribution in [3.63, 3.8) is 0 Å². The first-order valence-electron chi connectivity index (χ1n) is 6.85. The molecular formula is C16H14N2O3. The van der Waals surface area contributed by atoms with Crippen molar-refractivity contribution < 1.29 is 14.3 Å². The molecule has 5 heteroatoms. The summed E-state index contributed by atoms with van der Waals surface area (Å²) in [6.45, 7) is 0. The molecule has 21 heavy (non-hydrogen) atoms. The zero-order valence-corrected chi connectivity index (χ0v) is 11.2. The monoisotopic (exact) mass is 282 g/mol. The number of nitrogens with one attached hydrogen (secondary N) is 2. The Morgan fingerprint density at radius 2 is 2.19 bits per heavy atom. The van der Waals surface area contributed by atoms with Gasteiger partial charge in [0.05, 0.1) is 23.9 Å². The van der Waals surface area contributed by atoms with Crippen LogP contribution < -0.4 is 5.32 Å². The zero-order chi connectivity index (χ0) is 14.4. The molecule has 0 saturated heterocycles. The van der Waals surface area contributed by atoms with E-state index in [0.29, 0.717) is 17.7 Å². The van der Waals surface area contributed by atoms with Crippen LogP contribution in [0.4, 0.5) is 0 Å². The second-order valence-corrected chi connectivity index (χ2v) is 5.30. The van der Waals surface area contributed by atoms with Crippen LogP contribution in [0.2, 0.25) is 0 Å². The molecule has 0 saturated carbocycles. The molecule has 1 amide bonds. The van der Waals surface area contributed by atoms with Crippen molar-refractivity contribution in [3.05, 3.63) is 59.5 Å². The Kier molecular flexibility index (Phi) is 2.62. The van der Waals surface area contributed by atoms with Crippen molar-refractivity contribution >= 4 is 17.0 Å². The van der Waals surface area contributed by atoms with Gasteiger partial charge in [0.2, 0.25) is 0 Å². The van der Waals surface area contributed by atoms with E-state index in [2.05, 4.69) is 10.3 Å². The van der Waals surface area contributed by atoms with Gasteiger partial charge in [-0.15, -0.1) is 0 Å². The summed E-state index contributed by atoms with van der Waals surface area (Å²) in [7, 11) is 0. The molecular weight excluding hydrogens is 268 g/mol. The van der Waals surface area contributed by atoms with Crippen LogP contribution in [-0.2, 0) is 6.42 Å². The molecule has 0 spiro atoms. The Labute approximate surface area is 120 Å². The second kappa shape index (κ2) is 4.49. The maximum atomic E-state index is 12.3. The Hall–Kier alpha value is -2.53. The SMILES string of the molecule is O=C(NC1c2ccccc2CC1O)c1cc2occc2[nH]1. The molecule has 1 aliphatic rings. The Balaban J connectivity index is 1.61. The highest BCUT2D eigenvalue weighted by molar-refractivity contribution is 5.97. The number of carbonyl (C=O) groups is 1. The quantitative estimate of drug-likeness (QED) is 0.674. The van der Waals surface area contributed by atoms with Crippen LogP contribution in [0.15, 0.2) is 47.1 Å². The molecule has 1 aliphatic carbocycles. The third-order valence-corrected chi connectivity index (χ3v) is 3.98. The molecule has 4 rings (SSSR count). The van der Waals surface area contributed by atoms with Crippen LogP contribution in [0.1, 0.15) is 27.7 Å². The lowest BCUT2D eigenvalue weighted by atomic mass is 10.1. The van der Waals surface area contributed by atoms with E-state index >= 15 is 0 Å². The summed E-state index contributed by atoms with van der Waals surface area (Å²) in [5, 5.41) is 13.1. The number of furan rings is 1. The van der Waals surface area contributed by atoms with Crippen molar-refractivity contribution in [1.82, 2.24) is 10.3 Å². The predicted molar refractivity (Wildman–Crippen MR) is 76.9 cm³/mol. The van der Waals surface area contributed by atoms with Crippen molar-refractivity contribution in [2.24, 2.45) is 0 Å². The molecule has 0 radical (unpaired) electrons. The minimum absolute atomic E-state index is 0.248. The van der Waals surface area contributed by atoms with Crippen LogP contribution >= 0.6 is 0 Å². The van der Waals surface area contributed by atoms with Gasteiger partial charge in [0.25, 0.3) is 5.91 Å². The predicted octanol–water partition coefficient (Wildman–Crippen LogP) is 2.15. The molecule has 5 nitrogen and oxygen atoms in total. The van der Waals surface area contributed by atoms with Gasteiger partial charge in [0.1, 0.15) is 5.69 Å². The van der Waals surface area contributed by atoms with Crippen LogP contribution in [0.5, 0.6) is 0 Å². The Morgan fingerprint density at radius 1 is 1.33 bits per heavy atom. The molecule has 2 atom stereocenters. The number of hydrogen-bond donors (Lipinski definition) is 3. The van der Waals surface area contributed by atoms with Crippen molar-refractivity contribution in [1.29, 1.82) is 0 Å². The van der Waals surface area contributed by atoms with E-state index in [9.17, 15) is 9.90 Å². The number of rotatable bonds is 2. The zero-order valence-electron chi connectivity index (χ0n) is 11.2. The van der Waals surface area contributed by atoms with E-state index in [1.165, 1.54) is 0 Å². The van der Waals surface area contributed by atoms with Crippen molar-refractivity contribution in [2.75, 3.05) is 0 Å². The molecule has 2 aromatic heterocycles. The Bertz CT molecular complexity index is 789. The highest BCUT2D eigenvalue weighted by Crippen LogP contribution is 2.31. The lowest BCUT2D eigenvalue weighted by molar-refractivity contribution is 0.0854. The fraction of sp³-hybridized carbons (Fsp3) is 0.188. The summed E-state index contributed by atoms with van der Waals surface area (Å²) in [5.74, 6) is -0.248. The number of fused-ring (bicyclic) bond motifs is 2. The lowest BCUT2D eigenvalue weighted by Crippen LogP contribution is -2.34. The highest BCUT2D eigenvalue weighted by Gasteiger charge is 2.32. The van der Waals surface area contributed by atoms with Gasteiger partial charge in [-0.3, -0.25) is 4.79 Å². The van der Waals surface area contributed by atoms with Crippen LogP contribution in [0.25, 0.3) is 11.1 Å². The fourth-order valence-corrected chi connectivity index (χ4v) is 2.94. The van der Waals surface area contributed by atoms with Gasteiger partial charge in [-0.2, -0.15) is 0 Å². The van der Waals surface area contributed by atoms with Gasteiger partial charge in [-0.1, -0.05) is 24.3 Å². The second-order valence-electron chi connectivity index (χ2n) is 5.30. The number of hydrogen-bond acceptors (Lipinski definition) is 3. The summed E-state index contributed by atoms with van der Waals surface area (Å²) >= 11 is 0. The topological polar surface area (TPSA) is 78.3 Å². The largest absolute Gasteiger partial charge is 0.463 e. The van der Waals surface area contributed by atoms with Gasteiger partial charge >= 0.3 is 0 Å². The number of amides is 1. The Morgan fingerprint density at radius 3 is 3.05 bits per heavy atom. The van der Waals surface area contributed by atoms with Gasteiger partial charge in [0, 0.05) is 18.6 Å². The molecule has 3 aromatic rings. The summed E-state index contributed by atoms with van der Waals surface area (Å²) in [4.78, 5) is 15.3. The molecule has 2 unspecified atom stereocenters. The van der Waals surface area contributed by atoms with E-state index in [1.807, 2.05) is 24.3 Å². The van der Waals surface area contributed by atoms with Gasteiger partial charge < -0.3 is 19.8 Å². The van der Waals surface area contributed by atoms with E-state index in [-0.39, 0.29) is 11.9 Å². The number of benzene rings is 1. The van der Waals surface area contributed by atoms with Crippen LogP contribution in [0, 0.1) is 0 Å².